The van der Waals surface area contributed by atoms with E-state index in [0.717, 1.165) is 25.3 Å². The summed E-state index contributed by atoms with van der Waals surface area (Å²) in [6.07, 6.45) is 3.02. The van der Waals surface area contributed by atoms with Crippen LogP contribution in [0.25, 0.3) is 0 Å². The molecule has 2 atom stereocenters. The van der Waals surface area contributed by atoms with Crippen LogP contribution in [-0.2, 0) is 4.74 Å². The number of rotatable bonds is 4. The number of anilines is 1. The highest BCUT2D eigenvalue weighted by Gasteiger charge is 2.27. The van der Waals surface area contributed by atoms with Gasteiger partial charge >= 0.3 is 5.97 Å². The van der Waals surface area contributed by atoms with Crippen molar-refractivity contribution in [2.75, 3.05) is 12.4 Å². The Morgan fingerprint density at radius 2 is 2.28 bits per heavy atom. The lowest BCUT2D eigenvalue weighted by Crippen LogP contribution is -2.30. The summed E-state index contributed by atoms with van der Waals surface area (Å²) in [5.41, 5.74) is 0.279. The van der Waals surface area contributed by atoms with E-state index >= 15 is 0 Å². The summed E-state index contributed by atoms with van der Waals surface area (Å²) in [4.78, 5) is 10.7. The number of methoxy groups -OCH3 is 1. The average Bonchev–Trinajstić information content (AvgIpc) is 2.78. The third-order valence-corrected chi connectivity index (χ3v) is 3.31. The second-order valence-electron chi connectivity index (χ2n) is 4.46. The van der Waals surface area contributed by atoms with Crippen molar-refractivity contribution in [1.82, 2.24) is 0 Å². The second-order valence-corrected chi connectivity index (χ2v) is 4.46. The Bertz CT molecular complexity index is 450. The molecule has 0 radical (unpaired) electrons. The number of carbonyl (C=O) groups is 1. The van der Waals surface area contributed by atoms with E-state index in [2.05, 4.69) is 5.32 Å². The van der Waals surface area contributed by atoms with Gasteiger partial charge in [-0.05, 0) is 37.5 Å². The van der Waals surface area contributed by atoms with Gasteiger partial charge in [0.2, 0.25) is 0 Å². The van der Waals surface area contributed by atoms with E-state index in [-0.39, 0.29) is 17.7 Å². The summed E-state index contributed by atoms with van der Waals surface area (Å²) in [6, 6.07) is 3.97. The van der Waals surface area contributed by atoms with Crippen molar-refractivity contribution in [3.8, 4) is 0 Å². The van der Waals surface area contributed by atoms with E-state index < -0.39 is 11.8 Å². The van der Waals surface area contributed by atoms with Crippen LogP contribution in [0, 0.1) is 5.82 Å². The lowest BCUT2D eigenvalue weighted by Gasteiger charge is -2.21. The summed E-state index contributed by atoms with van der Waals surface area (Å²) in [5, 5.41) is 11.8. The lowest BCUT2D eigenvalue weighted by atomic mass is 10.1. The molecule has 2 rings (SSSR count). The van der Waals surface area contributed by atoms with Crippen molar-refractivity contribution < 1.29 is 19.0 Å². The minimum Gasteiger partial charge on any atom is -0.478 e. The molecule has 1 aliphatic carbocycles. The molecule has 1 aromatic rings. The third kappa shape index (κ3) is 2.61. The number of carboxylic acids is 1. The summed E-state index contributed by atoms with van der Waals surface area (Å²) < 4.78 is 19.0. The van der Waals surface area contributed by atoms with E-state index in [4.69, 9.17) is 9.84 Å². The predicted octanol–water partition coefficient (Wildman–Crippen LogP) is 2.50. The Hall–Kier alpha value is -1.62. The minimum atomic E-state index is -1.13. The lowest BCUT2D eigenvalue weighted by molar-refractivity contribution is 0.0696. The van der Waals surface area contributed by atoms with Crippen LogP contribution in [0.5, 0.6) is 0 Å². The number of halogens is 1. The normalized spacial score (nSPS) is 23.0. The van der Waals surface area contributed by atoms with Crippen LogP contribution in [0.3, 0.4) is 0 Å². The van der Waals surface area contributed by atoms with Gasteiger partial charge in [-0.1, -0.05) is 0 Å². The van der Waals surface area contributed by atoms with Gasteiger partial charge < -0.3 is 15.2 Å². The van der Waals surface area contributed by atoms with Gasteiger partial charge in [0.1, 0.15) is 5.82 Å². The fraction of sp³-hybridized carbons (Fsp3) is 0.462. The van der Waals surface area contributed by atoms with E-state index in [0.29, 0.717) is 5.69 Å². The molecule has 1 fully saturated rings. The molecule has 0 aromatic heterocycles. The first-order valence-electron chi connectivity index (χ1n) is 5.94. The number of hydrogen-bond acceptors (Lipinski definition) is 3. The molecule has 98 valence electrons. The fourth-order valence-corrected chi connectivity index (χ4v) is 2.34. The zero-order valence-electron chi connectivity index (χ0n) is 10.1. The van der Waals surface area contributed by atoms with Crippen LogP contribution >= 0.6 is 0 Å². The zero-order chi connectivity index (χ0) is 13.1. The quantitative estimate of drug-likeness (QED) is 0.865. The summed E-state index contributed by atoms with van der Waals surface area (Å²) >= 11 is 0. The van der Waals surface area contributed by atoms with E-state index in [9.17, 15) is 9.18 Å². The van der Waals surface area contributed by atoms with E-state index in [1.54, 1.807) is 7.11 Å². The van der Waals surface area contributed by atoms with Gasteiger partial charge in [0.25, 0.3) is 0 Å². The molecule has 2 N–H and O–H groups in total. The van der Waals surface area contributed by atoms with Gasteiger partial charge in [0, 0.05) is 7.11 Å². The SMILES string of the molecule is COC1CCCC1Nc1ccc(C(=O)O)cc1F. The van der Waals surface area contributed by atoms with Gasteiger partial charge in [0.05, 0.1) is 23.4 Å². The molecule has 0 heterocycles. The third-order valence-electron chi connectivity index (χ3n) is 3.31. The molecule has 1 saturated carbocycles. The van der Waals surface area contributed by atoms with E-state index in [1.807, 2.05) is 0 Å². The van der Waals surface area contributed by atoms with Gasteiger partial charge in [-0.15, -0.1) is 0 Å². The standard InChI is InChI=1S/C13H16FNO3/c1-18-12-4-2-3-11(12)15-10-6-5-8(13(16)17)7-9(10)14/h5-7,11-12,15H,2-4H2,1H3,(H,16,17). The molecule has 0 saturated heterocycles. The first-order chi connectivity index (χ1) is 8.61. The Kier molecular flexibility index (Phi) is 3.81. The minimum absolute atomic E-state index is 0.0484. The van der Waals surface area contributed by atoms with Crippen LogP contribution in [0.2, 0.25) is 0 Å². The van der Waals surface area contributed by atoms with Crippen molar-refractivity contribution >= 4 is 11.7 Å². The Balaban J connectivity index is 2.12. The fourth-order valence-electron chi connectivity index (χ4n) is 2.34. The summed E-state index contributed by atoms with van der Waals surface area (Å²) in [5.74, 6) is -1.67. The maximum atomic E-state index is 13.7. The number of hydrogen-bond donors (Lipinski definition) is 2. The van der Waals surface area contributed by atoms with Crippen LogP contribution in [0.4, 0.5) is 10.1 Å². The van der Waals surface area contributed by atoms with Crippen LogP contribution in [-0.4, -0.2) is 30.3 Å². The smallest absolute Gasteiger partial charge is 0.335 e. The van der Waals surface area contributed by atoms with Crippen LogP contribution < -0.4 is 5.32 Å². The molecular weight excluding hydrogens is 237 g/mol. The first-order valence-corrected chi connectivity index (χ1v) is 5.94. The Labute approximate surface area is 105 Å². The predicted molar refractivity (Wildman–Crippen MR) is 65.4 cm³/mol. The molecule has 1 aromatic carbocycles. The monoisotopic (exact) mass is 253 g/mol. The number of ether oxygens (including phenoxy) is 1. The topological polar surface area (TPSA) is 58.6 Å². The molecule has 0 bridgehead atoms. The summed E-state index contributed by atoms with van der Waals surface area (Å²) in [7, 11) is 1.65. The number of benzene rings is 1. The molecular formula is C13H16FNO3. The largest absolute Gasteiger partial charge is 0.478 e. The molecule has 0 aliphatic heterocycles. The maximum Gasteiger partial charge on any atom is 0.335 e. The van der Waals surface area contributed by atoms with Gasteiger partial charge in [-0.3, -0.25) is 0 Å². The highest BCUT2D eigenvalue weighted by atomic mass is 19.1. The van der Waals surface area contributed by atoms with Crippen molar-refractivity contribution in [3.05, 3.63) is 29.6 Å². The Morgan fingerprint density at radius 3 is 2.89 bits per heavy atom. The molecule has 1 aliphatic rings. The molecule has 0 amide bonds. The highest BCUT2D eigenvalue weighted by Crippen LogP contribution is 2.26. The van der Waals surface area contributed by atoms with Gasteiger partial charge in [-0.25, -0.2) is 9.18 Å². The second kappa shape index (κ2) is 5.35. The first kappa shape index (κ1) is 12.8. The number of aromatic carboxylic acids is 1. The molecule has 5 heteroatoms. The van der Waals surface area contributed by atoms with Gasteiger partial charge in [-0.2, -0.15) is 0 Å². The highest BCUT2D eigenvalue weighted by molar-refractivity contribution is 5.88. The molecule has 18 heavy (non-hydrogen) atoms. The van der Waals surface area contributed by atoms with Gasteiger partial charge in [0.15, 0.2) is 0 Å². The number of nitrogens with one attached hydrogen (secondary N) is 1. The zero-order valence-corrected chi connectivity index (χ0v) is 10.1. The van der Waals surface area contributed by atoms with Crippen LogP contribution in [0.1, 0.15) is 29.6 Å². The van der Waals surface area contributed by atoms with Crippen molar-refractivity contribution in [2.45, 2.75) is 31.4 Å². The molecule has 4 nitrogen and oxygen atoms in total. The number of carboxylic acid groups (broad SMARTS) is 1. The van der Waals surface area contributed by atoms with Crippen molar-refractivity contribution in [2.24, 2.45) is 0 Å². The Morgan fingerprint density at radius 1 is 1.50 bits per heavy atom. The van der Waals surface area contributed by atoms with E-state index in [1.165, 1.54) is 12.1 Å². The molecule has 0 spiro atoms. The maximum absolute atomic E-state index is 13.7. The van der Waals surface area contributed by atoms with Crippen LogP contribution in [0.15, 0.2) is 18.2 Å². The summed E-state index contributed by atoms with van der Waals surface area (Å²) in [6.45, 7) is 0. The molecule has 2 unspecified atom stereocenters. The average molecular weight is 253 g/mol. The van der Waals surface area contributed by atoms with Crippen molar-refractivity contribution in [3.63, 3.8) is 0 Å². The van der Waals surface area contributed by atoms with Crippen molar-refractivity contribution in [1.29, 1.82) is 0 Å².